The van der Waals surface area contributed by atoms with Gasteiger partial charge in [-0.15, -0.1) is 0 Å². The summed E-state index contributed by atoms with van der Waals surface area (Å²) >= 11 is 0. The van der Waals surface area contributed by atoms with Crippen LogP contribution in [0.2, 0.25) is 0 Å². The molecule has 2 heterocycles. The Bertz CT molecular complexity index is 1690. The van der Waals surface area contributed by atoms with Gasteiger partial charge in [0.05, 0.1) is 0 Å². The molecule has 0 N–H and O–H groups in total. The molecule has 12 heteroatoms. The van der Waals surface area contributed by atoms with E-state index in [4.69, 9.17) is 0 Å². The Morgan fingerprint density at radius 2 is 0.549 bits per heavy atom. The van der Waals surface area contributed by atoms with Crippen LogP contribution in [0.4, 0.5) is 0 Å². The van der Waals surface area contributed by atoms with E-state index in [0.717, 1.165) is 0 Å². The second-order valence-corrected chi connectivity index (χ2v) is 14.9. The molecule has 0 bridgehead atoms. The molecule has 0 saturated heterocycles. The minimum absolute atomic E-state index is 0. The number of nitrogens with zero attached hydrogens (tertiary/aromatic N) is 8. The minimum Gasteiger partial charge on any atom is -0.335 e. The van der Waals surface area contributed by atoms with Gasteiger partial charge in [-0.1, -0.05) is 182 Å². The van der Waals surface area contributed by atoms with Gasteiger partial charge in [-0.3, -0.25) is 20.6 Å². The zero-order valence-electron chi connectivity index (χ0n) is 27.1. The molecule has 0 amide bonds. The molecule has 8 aromatic rings. The maximum atomic E-state index is 3.58. The van der Waals surface area contributed by atoms with Gasteiger partial charge in [0.1, 0.15) is 0 Å². The molecule has 0 saturated carbocycles. The smallest absolute Gasteiger partial charge is 0.335 e. The molecule has 0 atom stereocenters. The molecule has 8 nitrogen and oxygen atoms in total. The van der Waals surface area contributed by atoms with Gasteiger partial charge in [0.15, 0.2) is 0 Å². The molecule has 0 spiro atoms. The summed E-state index contributed by atoms with van der Waals surface area (Å²) in [4.78, 5) is 0. The van der Waals surface area contributed by atoms with Gasteiger partial charge in [0.2, 0.25) is 0 Å². The van der Waals surface area contributed by atoms with E-state index in [0.29, 0.717) is 18.1 Å². The molecular formula is C39H32Au2N8P2. The fourth-order valence-electron chi connectivity index (χ4n) is 4.97. The summed E-state index contributed by atoms with van der Waals surface area (Å²) in [6, 6.07) is 64.7. The van der Waals surface area contributed by atoms with Gasteiger partial charge in [-0.25, -0.2) is 0 Å². The van der Waals surface area contributed by atoms with E-state index in [1.54, 1.807) is 0 Å². The molecule has 51 heavy (non-hydrogen) atoms. The van der Waals surface area contributed by atoms with Crippen LogP contribution in [0.3, 0.4) is 0 Å². The van der Waals surface area contributed by atoms with Gasteiger partial charge in [-0.2, -0.15) is 10.4 Å². The number of hydrogen-bond donors (Lipinski definition) is 0. The van der Waals surface area contributed by atoms with Crippen LogP contribution in [0.1, 0.15) is 11.6 Å². The number of rotatable bonds is 8. The van der Waals surface area contributed by atoms with E-state index in [1.807, 2.05) is 0 Å². The van der Waals surface area contributed by atoms with E-state index in [1.165, 1.54) is 31.8 Å². The summed E-state index contributed by atoms with van der Waals surface area (Å²) in [6.45, 7) is 0. The molecule has 8 rings (SSSR count). The largest absolute Gasteiger partial charge is 1.00 e. The first kappa shape index (κ1) is 39.6. The maximum Gasteiger partial charge on any atom is 1.00 e. The van der Waals surface area contributed by atoms with Crippen molar-refractivity contribution in [2.24, 2.45) is 0 Å². The third kappa shape index (κ3) is 11.9. The molecule has 0 radical (unpaired) electrons. The average Bonchev–Trinajstić information content (AvgIpc) is 3.91. The van der Waals surface area contributed by atoms with E-state index < -0.39 is 15.8 Å². The summed E-state index contributed by atoms with van der Waals surface area (Å²) in [6.07, 6.45) is 0.375. The van der Waals surface area contributed by atoms with Crippen LogP contribution in [-0.4, -0.2) is 31.1 Å². The molecule has 0 aliphatic rings. The number of benzene rings is 6. The van der Waals surface area contributed by atoms with Crippen molar-refractivity contribution in [2.45, 2.75) is 6.42 Å². The Labute approximate surface area is 331 Å². The summed E-state index contributed by atoms with van der Waals surface area (Å²) in [5, 5.41) is 35.9. The van der Waals surface area contributed by atoms with Gasteiger partial charge in [0, 0.05) is 18.1 Å². The predicted molar refractivity (Wildman–Crippen MR) is 199 cm³/mol. The van der Waals surface area contributed by atoms with E-state index in [2.05, 4.69) is 223 Å². The van der Waals surface area contributed by atoms with Crippen molar-refractivity contribution in [1.29, 1.82) is 0 Å². The number of tetrazole rings is 2. The zero-order valence-corrected chi connectivity index (χ0v) is 33.2. The van der Waals surface area contributed by atoms with E-state index in [-0.39, 0.29) is 44.8 Å². The third-order valence-electron chi connectivity index (χ3n) is 7.12. The van der Waals surface area contributed by atoms with Crippen LogP contribution in [0.5, 0.6) is 0 Å². The van der Waals surface area contributed by atoms with E-state index >= 15 is 0 Å². The summed E-state index contributed by atoms with van der Waals surface area (Å²) in [5.41, 5.74) is 0. The zero-order chi connectivity index (χ0) is 33.4. The van der Waals surface area contributed by atoms with Gasteiger partial charge in [-0.05, 0) is 47.7 Å². The number of aromatic nitrogens is 8. The maximum absolute atomic E-state index is 3.58. The van der Waals surface area contributed by atoms with Crippen molar-refractivity contribution >= 4 is 47.7 Å². The molecule has 0 aliphatic heterocycles. The normalized spacial score (nSPS) is 10.1. The van der Waals surface area contributed by atoms with Crippen LogP contribution in [0.25, 0.3) is 0 Å². The van der Waals surface area contributed by atoms with E-state index in [9.17, 15) is 0 Å². The Kier molecular flexibility index (Phi) is 17.0. The van der Waals surface area contributed by atoms with Gasteiger partial charge in [0.25, 0.3) is 0 Å². The Hall–Kier alpha value is -4.20. The van der Waals surface area contributed by atoms with Crippen molar-refractivity contribution in [1.82, 2.24) is 41.2 Å². The second-order valence-electron chi connectivity index (χ2n) is 10.5. The van der Waals surface area contributed by atoms with Crippen molar-refractivity contribution in [3.05, 3.63) is 194 Å². The van der Waals surface area contributed by atoms with Gasteiger partial charge < -0.3 is 10.2 Å². The summed E-state index contributed by atoms with van der Waals surface area (Å²) in [7, 11) is -0.892. The fraction of sp³-hybridized carbons (Fsp3) is 0.0256. The topological polar surface area (TPSA) is 106 Å². The Balaban J connectivity index is 0.000000174. The first-order valence-corrected chi connectivity index (χ1v) is 18.3. The average molecular weight is 1070 g/mol. The number of hydrogen-bond acceptors (Lipinski definition) is 6. The summed E-state index contributed by atoms with van der Waals surface area (Å²) in [5.74, 6) is 0.944. The van der Waals surface area contributed by atoms with Crippen LogP contribution in [-0.2, 0) is 51.2 Å². The molecule has 0 fully saturated rings. The van der Waals surface area contributed by atoms with Gasteiger partial charge >= 0.3 is 44.8 Å². The molecule has 2 aromatic heterocycles. The standard InChI is InChI=1S/2C18H15P.C3H2N8.2Au/c2*1-4-10-16(11-5-1)19(17-12-6-2-7-13-17)18-14-8-3-9-15-18;1(2-4-8-9-5-2)3-6-10-11-7-3;;/h2*1-15H;1H2;;/q;;-2;2*+1. The fourth-order valence-corrected chi connectivity index (χ4v) is 9.58. The van der Waals surface area contributed by atoms with Crippen LogP contribution >= 0.6 is 15.8 Å². The first-order valence-electron chi connectivity index (χ1n) is 15.6. The Morgan fingerprint density at radius 1 is 0.333 bits per heavy atom. The second kappa shape index (κ2) is 21.9. The predicted octanol–water partition coefficient (Wildman–Crippen LogP) is 4.45. The molecule has 0 unspecified atom stereocenters. The molecule has 0 aliphatic carbocycles. The molecular weight excluding hydrogens is 1040 g/mol. The minimum atomic E-state index is -0.446. The summed E-state index contributed by atoms with van der Waals surface area (Å²) < 4.78 is 0. The SMILES string of the molecule is C(c1nnn[n-]1)c1nnn[n-]1.[Au+].[Au+].c1ccc(P(c2ccccc2)c2ccccc2)cc1.c1ccc(P(c2ccccc2)c2ccccc2)cc1. The third-order valence-corrected chi connectivity index (χ3v) is 12.0. The van der Waals surface area contributed by atoms with Crippen LogP contribution < -0.4 is 42.0 Å². The Morgan fingerprint density at radius 3 is 0.725 bits per heavy atom. The van der Waals surface area contributed by atoms with Crippen LogP contribution in [0, 0.1) is 0 Å². The van der Waals surface area contributed by atoms with Crippen molar-refractivity contribution < 1.29 is 44.8 Å². The van der Waals surface area contributed by atoms with Crippen molar-refractivity contribution in [3.63, 3.8) is 0 Å². The quantitative estimate of drug-likeness (QED) is 0.163. The van der Waals surface area contributed by atoms with Crippen molar-refractivity contribution in [2.75, 3.05) is 0 Å². The molecule has 6 aromatic carbocycles. The monoisotopic (exact) mass is 1070 g/mol. The molecule has 260 valence electrons. The van der Waals surface area contributed by atoms with Crippen LogP contribution in [0.15, 0.2) is 182 Å². The van der Waals surface area contributed by atoms with Crippen molar-refractivity contribution in [3.8, 4) is 0 Å². The first-order chi connectivity index (χ1) is 24.3.